The van der Waals surface area contributed by atoms with Gasteiger partial charge in [0.2, 0.25) is 0 Å². The highest BCUT2D eigenvalue weighted by atomic mass is 35.5. The number of esters is 1. The van der Waals surface area contributed by atoms with Crippen molar-refractivity contribution < 1.29 is 29.1 Å². The molecule has 0 saturated carbocycles. The van der Waals surface area contributed by atoms with E-state index in [0.717, 1.165) is 35.3 Å². The number of aromatic hydroxyl groups is 1. The van der Waals surface area contributed by atoms with Gasteiger partial charge in [-0.1, -0.05) is 151 Å². The van der Waals surface area contributed by atoms with Crippen molar-refractivity contribution in [3.63, 3.8) is 0 Å². The van der Waals surface area contributed by atoms with Crippen molar-refractivity contribution in [1.29, 1.82) is 10.5 Å². The number of hydrogen-bond acceptors (Lipinski definition) is 8. The minimum atomic E-state index is -0.582. The average molecular weight is 922 g/mol. The van der Waals surface area contributed by atoms with Gasteiger partial charge in [0.1, 0.15) is 35.8 Å². The van der Waals surface area contributed by atoms with Crippen LogP contribution in [0.5, 0.6) is 11.5 Å². The van der Waals surface area contributed by atoms with E-state index in [1.807, 2.05) is 6.07 Å². The normalized spacial score (nSPS) is 11.6. The van der Waals surface area contributed by atoms with Gasteiger partial charge in [-0.3, -0.25) is 0 Å². The Balaban J connectivity index is 0.000000353. The molecule has 0 unspecified atom stereocenters. The summed E-state index contributed by atoms with van der Waals surface area (Å²) < 4.78 is 11.1. The van der Waals surface area contributed by atoms with E-state index in [9.17, 15) is 20.4 Å². The maximum Gasteiger partial charge on any atom is 0.341 e. The van der Waals surface area contributed by atoms with Crippen molar-refractivity contribution in [2.45, 2.75) is 171 Å². The molecule has 0 atom stereocenters. The van der Waals surface area contributed by atoms with Crippen LogP contribution >= 0.6 is 11.6 Å². The van der Waals surface area contributed by atoms with Crippen molar-refractivity contribution in [3.8, 4) is 23.6 Å². The fourth-order valence-electron chi connectivity index (χ4n) is 8.79. The molecule has 4 aromatic rings. The largest absolute Gasteiger partial charge is 0.507 e. The molecule has 0 saturated heterocycles. The molecular weight excluding hydrogens is 844 g/mol. The zero-order chi connectivity index (χ0) is 49.4. The minimum absolute atomic E-state index is 0.00289. The minimum Gasteiger partial charge on any atom is -0.507 e. The predicted octanol–water partition coefficient (Wildman–Crippen LogP) is 15.3. The fraction of sp³-hybridized carbons (Fsp3) is 0.526. The molecule has 4 rings (SSSR count). The van der Waals surface area contributed by atoms with Gasteiger partial charge in [-0.2, -0.15) is 10.5 Å². The van der Waals surface area contributed by atoms with Crippen LogP contribution in [0, 0.1) is 28.1 Å². The summed E-state index contributed by atoms with van der Waals surface area (Å²) in [6.07, 6.45) is 9.55. The summed E-state index contributed by atoms with van der Waals surface area (Å²) in [7, 11) is 2.71. The summed E-state index contributed by atoms with van der Waals surface area (Å²) in [5.41, 5.74) is 10.8. The highest BCUT2D eigenvalue weighted by Crippen LogP contribution is 2.39. The Kier molecular flexibility index (Phi) is 21.8. The summed E-state index contributed by atoms with van der Waals surface area (Å²) >= 11 is 6.54. The molecule has 0 bridgehead atoms. The van der Waals surface area contributed by atoms with Crippen molar-refractivity contribution in [1.82, 2.24) is 0 Å². The van der Waals surface area contributed by atoms with E-state index in [-0.39, 0.29) is 28.7 Å². The first kappa shape index (κ1) is 55.5. The smallest absolute Gasteiger partial charge is 0.341 e. The van der Waals surface area contributed by atoms with Gasteiger partial charge in [0.05, 0.1) is 32.0 Å². The Morgan fingerprint density at radius 2 is 1.35 bits per heavy atom. The van der Waals surface area contributed by atoms with Crippen LogP contribution in [0.25, 0.3) is 0 Å². The van der Waals surface area contributed by atoms with Crippen molar-refractivity contribution in [3.05, 3.63) is 126 Å². The molecule has 0 aliphatic rings. The second kappa shape index (κ2) is 25.9. The van der Waals surface area contributed by atoms with E-state index in [1.54, 1.807) is 18.2 Å². The van der Waals surface area contributed by atoms with Gasteiger partial charge in [0.15, 0.2) is 0 Å². The number of phenols is 1. The maximum atomic E-state index is 12.3. The van der Waals surface area contributed by atoms with Gasteiger partial charge in [-0.25, -0.2) is 14.6 Å². The van der Waals surface area contributed by atoms with Gasteiger partial charge in [-0.15, -0.1) is 0 Å². The number of methoxy groups -OCH3 is 1. The van der Waals surface area contributed by atoms with Crippen LogP contribution in [0.4, 0.5) is 0 Å². The molecule has 0 amide bonds. The topological polar surface area (TPSA) is 122 Å². The van der Waals surface area contributed by atoms with Crippen molar-refractivity contribution in [2.75, 3.05) is 20.8 Å². The van der Waals surface area contributed by atoms with Gasteiger partial charge in [0, 0.05) is 17.0 Å². The quantitative estimate of drug-likeness (QED) is 0.0379. The van der Waals surface area contributed by atoms with Crippen LogP contribution < -0.4 is 4.74 Å². The van der Waals surface area contributed by atoms with Crippen LogP contribution in [-0.2, 0) is 39.4 Å². The molecule has 9 heteroatoms. The van der Waals surface area contributed by atoms with Crippen LogP contribution in [0.3, 0.4) is 0 Å². The number of halogens is 1. The summed E-state index contributed by atoms with van der Waals surface area (Å²) in [5.74, 6) is 1.31. The Hall–Kier alpha value is -4.86. The average Bonchev–Trinajstić information content (AvgIpc) is 3.25. The molecule has 8 nitrogen and oxygen atoms in total. The molecule has 358 valence electrons. The predicted molar refractivity (Wildman–Crippen MR) is 269 cm³/mol. The fourth-order valence-corrected chi connectivity index (χ4v) is 9.02. The van der Waals surface area contributed by atoms with Crippen LogP contribution in [0.15, 0.2) is 54.6 Å². The van der Waals surface area contributed by atoms with Crippen LogP contribution in [-0.4, -0.2) is 31.9 Å². The first-order valence-electron chi connectivity index (χ1n) is 23.7. The van der Waals surface area contributed by atoms with Crippen molar-refractivity contribution >= 4 is 17.6 Å². The van der Waals surface area contributed by atoms with Crippen molar-refractivity contribution in [2.24, 2.45) is 5.41 Å². The third-order valence-corrected chi connectivity index (χ3v) is 12.3. The number of nitriles is 2. The van der Waals surface area contributed by atoms with Gasteiger partial charge in [0.25, 0.3) is 0 Å². The second-order valence-electron chi connectivity index (χ2n) is 20.3. The van der Waals surface area contributed by atoms with E-state index in [0.29, 0.717) is 58.9 Å². The number of unbranched alkanes of at least 4 members (excludes halogenated alkanes) is 5. The van der Waals surface area contributed by atoms with Gasteiger partial charge in [-0.05, 0) is 123 Å². The lowest BCUT2D eigenvalue weighted by Crippen LogP contribution is -2.25. The number of phenolic OH excluding ortho intramolecular Hbond substituents is 1. The summed E-state index contributed by atoms with van der Waals surface area (Å²) in [4.78, 5) is 22.0. The molecule has 0 fully saturated rings. The van der Waals surface area contributed by atoms with E-state index in [2.05, 4.69) is 126 Å². The highest BCUT2D eigenvalue weighted by molar-refractivity contribution is 6.31. The first-order chi connectivity index (χ1) is 31.1. The molecule has 0 spiro atoms. The van der Waals surface area contributed by atoms with E-state index < -0.39 is 5.97 Å². The molecular formula is C57H77ClN2O6. The lowest BCUT2D eigenvalue weighted by atomic mass is 9.72. The lowest BCUT2D eigenvalue weighted by molar-refractivity contribution is -0.282. The number of nitrogens with zero attached hydrogens (tertiary/aromatic N) is 2. The number of ether oxygens (including phenoxy) is 2. The zero-order valence-corrected chi connectivity index (χ0v) is 43.2. The molecule has 0 heterocycles. The Labute approximate surface area is 402 Å². The third-order valence-electron chi connectivity index (χ3n) is 12.0. The molecule has 4 aromatic carbocycles. The SMILES string of the molecule is CCCCCCCCOc1ccc(C(C)(C)CC(C)(C)C)cc1Cc1cc(C#N)c(C#N)cc1Cl.COOCc1cc(Cc2c(C(C)C)cc(C(C)C)cc2C(C)C)cc(C(=O)OC)c1O. The molecule has 0 aliphatic carbocycles. The number of hydrogen-bond donors (Lipinski definition) is 1. The monoisotopic (exact) mass is 921 g/mol. The molecule has 1 N–H and O–H groups in total. The summed E-state index contributed by atoms with van der Waals surface area (Å²) in [6.45, 7) is 27.6. The summed E-state index contributed by atoms with van der Waals surface area (Å²) in [5, 5.41) is 29.9. The van der Waals surface area contributed by atoms with Crippen LogP contribution in [0.2, 0.25) is 5.02 Å². The van der Waals surface area contributed by atoms with E-state index in [4.69, 9.17) is 30.8 Å². The van der Waals surface area contributed by atoms with Gasteiger partial charge >= 0.3 is 5.97 Å². The summed E-state index contributed by atoms with van der Waals surface area (Å²) in [6, 6.07) is 22.2. The zero-order valence-electron chi connectivity index (χ0n) is 42.5. The number of benzene rings is 4. The number of rotatable bonds is 21. The number of carbonyl (C=O) groups is 1. The second-order valence-corrected chi connectivity index (χ2v) is 20.7. The Morgan fingerprint density at radius 1 is 0.742 bits per heavy atom. The maximum absolute atomic E-state index is 12.3. The number of carbonyl (C=O) groups excluding carboxylic acids is 1. The molecule has 0 aromatic heterocycles. The standard InChI is InChI=1S/C31H41ClN2O.C26H36O5/c1-7-8-9-10-11-12-15-35-29-14-13-27(31(5,6)22-30(2,3)4)18-24(29)16-23-17-25(20-33)26(21-34)19-28(23)32;1-15(2)19-12-21(16(3)4)23(22(13-19)17(5)6)10-18-9-20(14-31-30-8)25(27)24(11-18)26(28)29-7/h13-14,17-19H,7-12,15-16,22H2,1-6H3;9,11-13,15-17,27H,10,14H2,1-8H3. The molecule has 0 aliphatic heterocycles. The molecule has 66 heavy (non-hydrogen) atoms. The Bertz CT molecular complexity index is 2280. The first-order valence-corrected chi connectivity index (χ1v) is 24.1. The highest BCUT2D eigenvalue weighted by Gasteiger charge is 2.28. The third kappa shape index (κ3) is 16.2. The lowest BCUT2D eigenvalue weighted by Gasteiger charge is -2.33. The van der Waals surface area contributed by atoms with Gasteiger partial charge < -0.3 is 14.6 Å². The van der Waals surface area contributed by atoms with E-state index in [1.165, 1.54) is 74.1 Å². The van der Waals surface area contributed by atoms with E-state index >= 15 is 0 Å². The van der Waals surface area contributed by atoms with Crippen LogP contribution in [0.1, 0.15) is 217 Å². The molecule has 0 radical (unpaired) electrons. The Morgan fingerprint density at radius 3 is 1.89 bits per heavy atom.